The summed E-state index contributed by atoms with van der Waals surface area (Å²) in [5.41, 5.74) is 0.380. The van der Waals surface area contributed by atoms with Crippen molar-refractivity contribution in [1.29, 1.82) is 0 Å². The molecule has 108 valence electrons. The van der Waals surface area contributed by atoms with E-state index < -0.39 is 5.97 Å². The van der Waals surface area contributed by atoms with Crippen molar-refractivity contribution in [2.45, 2.75) is 12.5 Å². The summed E-state index contributed by atoms with van der Waals surface area (Å²) in [7, 11) is 1.68. The number of anilines is 1. The number of hydrogen-bond donors (Lipinski definition) is 2. The maximum absolute atomic E-state index is 12.1. The van der Waals surface area contributed by atoms with Gasteiger partial charge in [0.15, 0.2) is 0 Å². The van der Waals surface area contributed by atoms with Crippen molar-refractivity contribution in [3.63, 3.8) is 0 Å². The molecule has 2 N–H and O–H groups in total. The number of carbonyl (C=O) groups is 2. The summed E-state index contributed by atoms with van der Waals surface area (Å²) < 4.78 is 5.23. The first kappa shape index (κ1) is 14.6. The molecule has 1 aliphatic rings. The molecule has 1 saturated heterocycles. The van der Waals surface area contributed by atoms with Crippen molar-refractivity contribution in [1.82, 2.24) is 4.90 Å². The highest BCUT2D eigenvalue weighted by molar-refractivity contribution is 6.31. The normalized spacial score (nSPS) is 17.8. The lowest BCUT2D eigenvalue weighted by Crippen LogP contribution is -2.40. The fourth-order valence-electron chi connectivity index (χ4n) is 1.99. The van der Waals surface area contributed by atoms with E-state index in [9.17, 15) is 9.59 Å². The number of nitrogens with one attached hydrogen (secondary N) is 1. The summed E-state index contributed by atoms with van der Waals surface area (Å²) in [6.45, 7) is 1.16. The Balaban J connectivity index is 2.08. The van der Waals surface area contributed by atoms with E-state index >= 15 is 0 Å². The zero-order chi connectivity index (χ0) is 14.7. The molecule has 2 amide bonds. The number of urea groups is 1. The first-order valence-electron chi connectivity index (χ1n) is 6.13. The van der Waals surface area contributed by atoms with Crippen LogP contribution in [0.25, 0.3) is 0 Å². The number of carboxylic acid groups (broad SMARTS) is 1. The van der Waals surface area contributed by atoms with Crippen LogP contribution in [0.5, 0.6) is 0 Å². The van der Waals surface area contributed by atoms with Crippen LogP contribution in [0.2, 0.25) is 5.02 Å². The third-order valence-corrected chi connectivity index (χ3v) is 3.39. The van der Waals surface area contributed by atoms with Crippen molar-refractivity contribution in [3.05, 3.63) is 28.8 Å². The number of halogens is 1. The molecule has 0 bridgehead atoms. The Kier molecular flexibility index (Phi) is 4.46. The summed E-state index contributed by atoms with van der Waals surface area (Å²) >= 11 is 5.84. The van der Waals surface area contributed by atoms with Gasteiger partial charge in [0.1, 0.15) is 0 Å². The van der Waals surface area contributed by atoms with Gasteiger partial charge in [-0.05, 0) is 24.6 Å². The van der Waals surface area contributed by atoms with Gasteiger partial charge >= 0.3 is 12.0 Å². The van der Waals surface area contributed by atoms with Gasteiger partial charge in [0.05, 0.1) is 18.2 Å². The summed E-state index contributed by atoms with van der Waals surface area (Å²) in [5, 5.41) is 11.8. The molecule has 1 aromatic rings. The van der Waals surface area contributed by atoms with Gasteiger partial charge in [0.2, 0.25) is 0 Å². The quantitative estimate of drug-likeness (QED) is 0.897. The van der Waals surface area contributed by atoms with Gasteiger partial charge in [-0.2, -0.15) is 0 Å². The Labute approximate surface area is 121 Å². The lowest BCUT2D eigenvalue weighted by Gasteiger charge is -2.23. The van der Waals surface area contributed by atoms with Crippen LogP contribution in [0, 0.1) is 0 Å². The molecular formula is C13H15ClN2O4. The molecule has 1 aliphatic heterocycles. The largest absolute Gasteiger partial charge is 0.478 e. The van der Waals surface area contributed by atoms with Crippen molar-refractivity contribution < 1.29 is 19.4 Å². The number of likely N-dealkylation sites (N-methyl/N-ethyl adjacent to an activating group) is 1. The molecule has 0 aliphatic carbocycles. The van der Waals surface area contributed by atoms with Gasteiger partial charge in [0.25, 0.3) is 0 Å². The highest BCUT2D eigenvalue weighted by Crippen LogP contribution is 2.20. The molecular weight excluding hydrogens is 284 g/mol. The monoisotopic (exact) mass is 298 g/mol. The van der Waals surface area contributed by atoms with Crippen LogP contribution in [0.1, 0.15) is 16.8 Å². The van der Waals surface area contributed by atoms with Crippen LogP contribution in [0.15, 0.2) is 18.2 Å². The van der Waals surface area contributed by atoms with E-state index in [0.29, 0.717) is 18.9 Å². The van der Waals surface area contributed by atoms with E-state index in [-0.39, 0.29) is 22.7 Å². The molecule has 0 aromatic heterocycles. The minimum absolute atomic E-state index is 0.0275. The zero-order valence-electron chi connectivity index (χ0n) is 10.9. The predicted molar refractivity (Wildman–Crippen MR) is 74.4 cm³/mol. The predicted octanol–water partition coefficient (Wildman–Crippen LogP) is 2.29. The number of ether oxygens (including phenoxy) is 1. The van der Waals surface area contributed by atoms with E-state index in [1.807, 2.05) is 0 Å². The second-order valence-electron chi connectivity index (χ2n) is 4.59. The number of carbonyl (C=O) groups excluding carboxylic acids is 1. The minimum atomic E-state index is -1.10. The number of carboxylic acids is 1. The number of benzene rings is 1. The topological polar surface area (TPSA) is 78.9 Å². The van der Waals surface area contributed by atoms with Gasteiger partial charge in [-0.25, -0.2) is 9.59 Å². The fraction of sp³-hybridized carbons (Fsp3) is 0.385. The van der Waals surface area contributed by atoms with Crippen LogP contribution in [-0.2, 0) is 4.74 Å². The molecule has 1 fully saturated rings. The Bertz CT molecular complexity index is 529. The molecule has 1 unspecified atom stereocenters. The van der Waals surface area contributed by atoms with E-state index in [1.165, 1.54) is 18.2 Å². The van der Waals surface area contributed by atoms with Gasteiger partial charge in [0, 0.05) is 24.4 Å². The van der Waals surface area contributed by atoms with Crippen LogP contribution in [0.3, 0.4) is 0 Å². The van der Waals surface area contributed by atoms with Gasteiger partial charge in [-0.3, -0.25) is 0 Å². The minimum Gasteiger partial charge on any atom is -0.478 e. The van der Waals surface area contributed by atoms with Crippen LogP contribution >= 0.6 is 11.6 Å². The highest BCUT2D eigenvalue weighted by Gasteiger charge is 2.24. The molecule has 2 rings (SSSR count). The summed E-state index contributed by atoms with van der Waals surface area (Å²) in [4.78, 5) is 24.5. The summed E-state index contributed by atoms with van der Waals surface area (Å²) in [6, 6.07) is 3.91. The van der Waals surface area contributed by atoms with Crippen molar-refractivity contribution in [2.75, 3.05) is 25.6 Å². The van der Waals surface area contributed by atoms with Crippen molar-refractivity contribution in [3.8, 4) is 0 Å². The maximum atomic E-state index is 12.1. The average molecular weight is 299 g/mol. The molecule has 20 heavy (non-hydrogen) atoms. The fourth-order valence-corrected chi connectivity index (χ4v) is 2.23. The Morgan fingerprint density at radius 2 is 2.20 bits per heavy atom. The van der Waals surface area contributed by atoms with Crippen LogP contribution in [-0.4, -0.2) is 48.3 Å². The standard InChI is InChI=1S/C13H15ClN2O4/c1-16(11-2-3-20-7-11)13(19)15-10-5-8(12(17)18)4-9(14)6-10/h4-6,11H,2-3,7H2,1H3,(H,15,19)(H,17,18). The molecule has 1 aromatic carbocycles. The lowest BCUT2D eigenvalue weighted by atomic mass is 10.2. The van der Waals surface area contributed by atoms with Crippen LogP contribution < -0.4 is 5.32 Å². The van der Waals surface area contributed by atoms with Crippen molar-refractivity contribution >= 4 is 29.3 Å². The summed E-state index contributed by atoms with van der Waals surface area (Å²) in [5.74, 6) is -1.10. The zero-order valence-corrected chi connectivity index (χ0v) is 11.7. The second-order valence-corrected chi connectivity index (χ2v) is 5.03. The Hall–Kier alpha value is -1.79. The Morgan fingerprint density at radius 3 is 2.80 bits per heavy atom. The summed E-state index contributed by atoms with van der Waals surface area (Å²) in [6.07, 6.45) is 0.792. The highest BCUT2D eigenvalue weighted by atomic mass is 35.5. The molecule has 7 heteroatoms. The molecule has 1 atom stereocenters. The Morgan fingerprint density at radius 1 is 1.45 bits per heavy atom. The maximum Gasteiger partial charge on any atom is 0.335 e. The SMILES string of the molecule is CN(C(=O)Nc1cc(Cl)cc(C(=O)O)c1)C1CCOC1. The van der Waals surface area contributed by atoms with Gasteiger partial charge < -0.3 is 20.1 Å². The van der Waals surface area contributed by atoms with E-state index in [4.69, 9.17) is 21.4 Å². The molecule has 0 spiro atoms. The number of rotatable bonds is 3. The van der Waals surface area contributed by atoms with E-state index in [0.717, 1.165) is 6.42 Å². The van der Waals surface area contributed by atoms with Gasteiger partial charge in [-0.1, -0.05) is 11.6 Å². The number of hydrogen-bond acceptors (Lipinski definition) is 3. The number of amides is 2. The lowest BCUT2D eigenvalue weighted by molar-refractivity contribution is 0.0697. The van der Waals surface area contributed by atoms with Crippen molar-refractivity contribution in [2.24, 2.45) is 0 Å². The van der Waals surface area contributed by atoms with E-state index in [1.54, 1.807) is 11.9 Å². The second kappa shape index (κ2) is 6.11. The van der Waals surface area contributed by atoms with Crippen LogP contribution in [0.4, 0.5) is 10.5 Å². The molecule has 6 nitrogen and oxygen atoms in total. The third-order valence-electron chi connectivity index (χ3n) is 3.17. The number of nitrogens with zero attached hydrogens (tertiary/aromatic N) is 1. The molecule has 0 radical (unpaired) electrons. The van der Waals surface area contributed by atoms with Gasteiger partial charge in [-0.15, -0.1) is 0 Å². The molecule has 1 heterocycles. The smallest absolute Gasteiger partial charge is 0.335 e. The molecule has 0 saturated carbocycles. The number of aromatic carboxylic acids is 1. The first-order chi connectivity index (χ1) is 9.47. The van der Waals surface area contributed by atoms with E-state index in [2.05, 4.69) is 5.32 Å². The average Bonchev–Trinajstić information content (AvgIpc) is 2.90. The third kappa shape index (κ3) is 3.40. The first-order valence-corrected chi connectivity index (χ1v) is 6.50.